The van der Waals surface area contributed by atoms with E-state index in [9.17, 15) is 4.79 Å². The van der Waals surface area contributed by atoms with E-state index in [-0.39, 0.29) is 0 Å². The van der Waals surface area contributed by atoms with Gasteiger partial charge < -0.3 is 10.4 Å². The van der Waals surface area contributed by atoms with E-state index in [1.807, 2.05) is 11.4 Å². The summed E-state index contributed by atoms with van der Waals surface area (Å²) in [6.45, 7) is 1.62. The topological polar surface area (TPSA) is 49.3 Å². The molecule has 0 saturated carbocycles. The molecule has 0 bridgehead atoms. The van der Waals surface area contributed by atoms with Crippen molar-refractivity contribution in [3.63, 3.8) is 0 Å². The van der Waals surface area contributed by atoms with E-state index in [1.165, 1.54) is 0 Å². The Bertz CT molecular complexity index is 287. The van der Waals surface area contributed by atoms with Gasteiger partial charge in [-0.25, -0.2) is 0 Å². The molecule has 12 heavy (non-hydrogen) atoms. The number of rotatable bonds is 3. The zero-order chi connectivity index (χ0) is 9.14. The Labute approximate surface area is 87.9 Å². The molecule has 1 aromatic heterocycles. The van der Waals surface area contributed by atoms with E-state index >= 15 is 0 Å². The van der Waals surface area contributed by atoms with Crippen LogP contribution in [0.4, 0.5) is 5.69 Å². The van der Waals surface area contributed by atoms with Gasteiger partial charge in [-0.15, -0.1) is 11.3 Å². The zero-order valence-corrected chi connectivity index (χ0v) is 9.35. The third-order valence-electron chi connectivity index (χ3n) is 1.32. The summed E-state index contributed by atoms with van der Waals surface area (Å²) < 4.78 is 1.15. The lowest BCUT2D eigenvalue weighted by Gasteiger charge is -2.07. The van der Waals surface area contributed by atoms with Gasteiger partial charge in [0.2, 0.25) is 0 Å². The maximum Gasteiger partial charge on any atom is 0.325 e. The molecule has 2 N–H and O–H groups in total. The number of aliphatic carboxylic acids is 1. The first-order valence-electron chi connectivity index (χ1n) is 3.33. The second-order valence-electron chi connectivity index (χ2n) is 2.34. The lowest BCUT2D eigenvalue weighted by Crippen LogP contribution is -2.24. The number of thiophene rings is 1. The Balaban J connectivity index is 2.58. The summed E-state index contributed by atoms with van der Waals surface area (Å²) in [5, 5.41) is 13.4. The van der Waals surface area contributed by atoms with Crippen molar-refractivity contribution in [1.29, 1.82) is 0 Å². The van der Waals surface area contributed by atoms with Crippen molar-refractivity contribution in [3.8, 4) is 0 Å². The fourth-order valence-corrected chi connectivity index (χ4v) is 1.99. The van der Waals surface area contributed by atoms with E-state index in [1.54, 1.807) is 18.3 Å². The van der Waals surface area contributed by atoms with Crippen LogP contribution < -0.4 is 5.32 Å². The van der Waals surface area contributed by atoms with Crippen LogP contribution in [0.15, 0.2) is 11.4 Å². The van der Waals surface area contributed by atoms with Gasteiger partial charge in [0.1, 0.15) is 6.04 Å². The molecule has 0 fully saturated rings. The Morgan fingerprint density at radius 2 is 2.50 bits per heavy atom. The van der Waals surface area contributed by atoms with Gasteiger partial charge in [0.15, 0.2) is 0 Å². The van der Waals surface area contributed by atoms with E-state index < -0.39 is 12.0 Å². The number of nitrogens with one attached hydrogen (secondary N) is 1. The van der Waals surface area contributed by atoms with Gasteiger partial charge >= 0.3 is 5.97 Å². The van der Waals surface area contributed by atoms with Crippen molar-refractivity contribution in [2.24, 2.45) is 0 Å². The van der Waals surface area contributed by atoms with Crippen molar-refractivity contribution < 1.29 is 9.90 Å². The number of hydrogen-bond donors (Lipinski definition) is 2. The van der Waals surface area contributed by atoms with Gasteiger partial charge in [0.25, 0.3) is 0 Å². The number of carbonyl (C=O) groups is 1. The fourth-order valence-electron chi connectivity index (χ4n) is 0.698. The first-order valence-corrected chi connectivity index (χ1v) is 5.29. The minimum atomic E-state index is -0.837. The van der Waals surface area contributed by atoms with Crippen molar-refractivity contribution in [1.82, 2.24) is 0 Å². The molecule has 5 heteroatoms. The molecule has 0 aliphatic heterocycles. The summed E-state index contributed by atoms with van der Waals surface area (Å²) in [7, 11) is 0. The molecule has 0 saturated heterocycles. The van der Waals surface area contributed by atoms with Crippen LogP contribution in [-0.4, -0.2) is 17.1 Å². The van der Waals surface area contributed by atoms with Crippen LogP contribution in [0.1, 0.15) is 6.92 Å². The van der Waals surface area contributed by atoms with Gasteiger partial charge in [-0.1, -0.05) is 0 Å². The summed E-state index contributed by atoms with van der Waals surface area (Å²) in [4.78, 5) is 10.4. The summed E-state index contributed by atoms with van der Waals surface area (Å²) in [6, 6.07) is 1.39. The zero-order valence-electron chi connectivity index (χ0n) is 6.37. The number of halogens is 1. The molecular weight excluding hydrogens is 289 g/mol. The van der Waals surface area contributed by atoms with Crippen molar-refractivity contribution in [3.05, 3.63) is 14.3 Å². The van der Waals surface area contributed by atoms with Crippen LogP contribution in [-0.2, 0) is 4.79 Å². The molecule has 3 nitrogen and oxygen atoms in total. The molecule has 66 valence electrons. The maximum atomic E-state index is 10.4. The van der Waals surface area contributed by atoms with Crippen molar-refractivity contribution >= 4 is 45.6 Å². The SMILES string of the molecule is C[C@H](Nc1csc(I)c1)C(=O)O. The minimum Gasteiger partial charge on any atom is -0.480 e. The first kappa shape index (κ1) is 9.79. The molecule has 1 heterocycles. The third-order valence-corrected chi connectivity index (χ3v) is 3.11. The predicted molar refractivity (Wildman–Crippen MR) is 57.8 cm³/mol. The summed E-state index contributed by atoms with van der Waals surface area (Å²) in [5.41, 5.74) is 0.874. The van der Waals surface area contributed by atoms with Gasteiger partial charge in [0, 0.05) is 11.1 Å². The molecule has 0 amide bonds. The Morgan fingerprint density at radius 3 is 2.92 bits per heavy atom. The fraction of sp³-hybridized carbons (Fsp3) is 0.286. The molecule has 0 aliphatic rings. The van der Waals surface area contributed by atoms with Crippen LogP contribution >= 0.6 is 33.9 Å². The largest absolute Gasteiger partial charge is 0.480 e. The Hall–Kier alpha value is -0.300. The molecule has 0 radical (unpaired) electrons. The summed E-state index contributed by atoms with van der Waals surface area (Å²) in [5.74, 6) is -0.837. The second kappa shape index (κ2) is 4.08. The van der Waals surface area contributed by atoms with Crippen LogP contribution in [0, 0.1) is 2.88 Å². The van der Waals surface area contributed by atoms with Crippen molar-refractivity contribution in [2.75, 3.05) is 5.32 Å². The average molecular weight is 297 g/mol. The predicted octanol–water partition coefficient (Wildman–Crippen LogP) is 2.24. The molecule has 0 unspecified atom stereocenters. The number of hydrogen-bond acceptors (Lipinski definition) is 3. The van der Waals surface area contributed by atoms with Gasteiger partial charge in [0.05, 0.1) is 2.88 Å². The van der Waals surface area contributed by atoms with Crippen molar-refractivity contribution in [2.45, 2.75) is 13.0 Å². The van der Waals surface area contributed by atoms with Gasteiger partial charge in [-0.2, -0.15) is 0 Å². The lowest BCUT2D eigenvalue weighted by molar-refractivity contribution is -0.137. The molecular formula is C7H8INO2S. The monoisotopic (exact) mass is 297 g/mol. The highest BCUT2D eigenvalue weighted by Crippen LogP contribution is 2.21. The van der Waals surface area contributed by atoms with Crippen LogP contribution in [0.25, 0.3) is 0 Å². The molecule has 1 aromatic rings. The number of carboxylic acid groups (broad SMARTS) is 1. The summed E-state index contributed by atoms with van der Waals surface area (Å²) in [6.07, 6.45) is 0. The Kier molecular flexibility index (Phi) is 3.33. The minimum absolute atomic E-state index is 0.532. The molecule has 0 aromatic carbocycles. The number of carboxylic acids is 1. The molecule has 0 spiro atoms. The van der Waals surface area contributed by atoms with Crippen LogP contribution in [0.2, 0.25) is 0 Å². The average Bonchev–Trinajstić information content (AvgIpc) is 2.35. The summed E-state index contributed by atoms with van der Waals surface area (Å²) >= 11 is 3.79. The number of anilines is 1. The highest BCUT2D eigenvalue weighted by Gasteiger charge is 2.10. The van der Waals surface area contributed by atoms with E-state index in [0.717, 1.165) is 8.57 Å². The second-order valence-corrected chi connectivity index (χ2v) is 5.15. The highest BCUT2D eigenvalue weighted by atomic mass is 127. The van der Waals surface area contributed by atoms with Crippen LogP contribution in [0.5, 0.6) is 0 Å². The smallest absolute Gasteiger partial charge is 0.325 e. The maximum absolute atomic E-state index is 10.4. The highest BCUT2D eigenvalue weighted by molar-refractivity contribution is 14.1. The van der Waals surface area contributed by atoms with E-state index in [2.05, 4.69) is 27.9 Å². The lowest BCUT2D eigenvalue weighted by atomic mass is 10.3. The van der Waals surface area contributed by atoms with Crippen LogP contribution in [0.3, 0.4) is 0 Å². The normalized spacial score (nSPS) is 12.5. The third kappa shape index (κ3) is 2.63. The standard InChI is InChI=1S/C7H8INO2S/c1-4(7(10)11)9-5-2-6(8)12-3-5/h2-4,9H,1H3,(H,10,11)/t4-/m0/s1. The molecule has 0 aliphatic carbocycles. The quantitative estimate of drug-likeness (QED) is 0.841. The van der Waals surface area contributed by atoms with Gasteiger partial charge in [-0.05, 0) is 35.6 Å². The first-order chi connectivity index (χ1) is 5.59. The molecule has 1 atom stereocenters. The van der Waals surface area contributed by atoms with Gasteiger partial charge in [-0.3, -0.25) is 4.79 Å². The van der Waals surface area contributed by atoms with E-state index in [0.29, 0.717) is 0 Å². The van der Waals surface area contributed by atoms with E-state index in [4.69, 9.17) is 5.11 Å². The molecule has 1 rings (SSSR count). The Morgan fingerprint density at radius 1 is 1.83 bits per heavy atom.